The van der Waals surface area contributed by atoms with Gasteiger partial charge in [0.1, 0.15) is 11.5 Å². The fourth-order valence-electron chi connectivity index (χ4n) is 3.50. The number of anilines is 1. The molecule has 2 amide bonds. The second kappa shape index (κ2) is 10.1. The van der Waals surface area contributed by atoms with Crippen LogP contribution in [0.3, 0.4) is 0 Å². The van der Waals surface area contributed by atoms with Crippen LogP contribution < -0.4 is 10.6 Å². The first-order valence-electron chi connectivity index (χ1n) is 10.5. The average Bonchev–Trinajstić information content (AvgIpc) is 3.08. The molecule has 0 fully saturated rings. The maximum atomic E-state index is 13.0. The first kappa shape index (κ1) is 23.7. The summed E-state index contributed by atoms with van der Waals surface area (Å²) in [6.45, 7) is 7.24. The van der Waals surface area contributed by atoms with E-state index in [0.29, 0.717) is 33.8 Å². The number of aryl methyl sites for hydroxylation is 1. The van der Waals surface area contributed by atoms with Gasteiger partial charge in [0.05, 0.1) is 18.2 Å². The van der Waals surface area contributed by atoms with E-state index >= 15 is 0 Å². The number of nitrogens with one attached hydrogen (secondary N) is 3. The van der Waals surface area contributed by atoms with E-state index < -0.39 is 11.8 Å². The standard InChI is InChI=1S/C25H26FN3O4/c1-5-33-25(32)21-14(2)22(27-16(21)4)24(31)28-15(3)17-8-12-20(13-9-17)29-23(30)18-6-10-19(26)11-7-18/h6-13,15,27H,5H2,1-4H3,(H,28,31)(H,29,30). The summed E-state index contributed by atoms with van der Waals surface area (Å²) in [5.41, 5.74) is 3.54. The number of hydrogen-bond donors (Lipinski definition) is 3. The van der Waals surface area contributed by atoms with Crippen molar-refractivity contribution < 1.29 is 23.5 Å². The third kappa shape index (κ3) is 5.46. The van der Waals surface area contributed by atoms with Crippen LogP contribution in [0, 0.1) is 19.7 Å². The molecule has 0 aliphatic heterocycles. The SMILES string of the molecule is CCOC(=O)c1c(C)[nH]c(C(=O)NC(C)c2ccc(NC(=O)c3ccc(F)cc3)cc2)c1C. The van der Waals surface area contributed by atoms with Crippen LogP contribution in [0.1, 0.15) is 67.9 Å². The van der Waals surface area contributed by atoms with Gasteiger partial charge in [-0.25, -0.2) is 9.18 Å². The summed E-state index contributed by atoms with van der Waals surface area (Å²) < 4.78 is 18.1. The van der Waals surface area contributed by atoms with Crippen LogP contribution in [-0.2, 0) is 4.74 Å². The maximum Gasteiger partial charge on any atom is 0.340 e. The Hall–Kier alpha value is -3.94. The minimum absolute atomic E-state index is 0.252. The van der Waals surface area contributed by atoms with Crippen LogP contribution >= 0.6 is 0 Å². The number of aromatic amines is 1. The summed E-state index contributed by atoms with van der Waals surface area (Å²) in [4.78, 5) is 40.2. The number of benzene rings is 2. The lowest BCUT2D eigenvalue weighted by Crippen LogP contribution is -2.27. The quantitative estimate of drug-likeness (QED) is 0.454. The molecular formula is C25H26FN3O4. The van der Waals surface area contributed by atoms with Crippen molar-refractivity contribution in [2.45, 2.75) is 33.7 Å². The number of carbonyl (C=O) groups is 3. The Morgan fingerprint density at radius 3 is 2.24 bits per heavy atom. The van der Waals surface area contributed by atoms with Crippen molar-refractivity contribution in [1.82, 2.24) is 10.3 Å². The number of aromatic nitrogens is 1. The van der Waals surface area contributed by atoms with Gasteiger partial charge in [0.15, 0.2) is 0 Å². The molecule has 1 unspecified atom stereocenters. The van der Waals surface area contributed by atoms with Gasteiger partial charge in [-0.15, -0.1) is 0 Å². The van der Waals surface area contributed by atoms with E-state index in [9.17, 15) is 18.8 Å². The highest BCUT2D eigenvalue weighted by Gasteiger charge is 2.23. The Labute approximate surface area is 191 Å². The fourth-order valence-corrected chi connectivity index (χ4v) is 3.50. The lowest BCUT2D eigenvalue weighted by molar-refractivity contribution is 0.0524. The predicted octanol–water partition coefficient (Wildman–Crippen LogP) is 4.69. The molecule has 0 saturated carbocycles. The maximum absolute atomic E-state index is 13.0. The minimum atomic E-state index is -0.464. The van der Waals surface area contributed by atoms with Gasteiger partial charge in [-0.1, -0.05) is 12.1 Å². The van der Waals surface area contributed by atoms with Gasteiger partial charge in [-0.3, -0.25) is 9.59 Å². The van der Waals surface area contributed by atoms with Crippen molar-refractivity contribution in [3.05, 3.63) is 88.0 Å². The van der Waals surface area contributed by atoms with Crippen LogP contribution in [0.2, 0.25) is 0 Å². The lowest BCUT2D eigenvalue weighted by atomic mass is 10.1. The zero-order valence-corrected chi connectivity index (χ0v) is 18.9. The molecular weight excluding hydrogens is 425 g/mol. The summed E-state index contributed by atoms with van der Waals surface area (Å²) in [5, 5.41) is 5.66. The Morgan fingerprint density at radius 1 is 1.00 bits per heavy atom. The number of carbonyl (C=O) groups excluding carboxylic acids is 3. The topological polar surface area (TPSA) is 100 Å². The molecule has 33 heavy (non-hydrogen) atoms. The number of esters is 1. The van der Waals surface area contributed by atoms with Crippen LogP contribution in [-0.4, -0.2) is 29.4 Å². The third-order valence-electron chi connectivity index (χ3n) is 5.27. The summed E-state index contributed by atoms with van der Waals surface area (Å²) in [6, 6.07) is 12.0. The van der Waals surface area contributed by atoms with E-state index in [1.54, 1.807) is 45.0 Å². The molecule has 3 N–H and O–H groups in total. The summed E-state index contributed by atoms with van der Waals surface area (Å²) >= 11 is 0. The van der Waals surface area contributed by atoms with E-state index in [0.717, 1.165) is 5.56 Å². The van der Waals surface area contributed by atoms with Gasteiger partial charge in [-0.05, 0) is 75.2 Å². The van der Waals surface area contributed by atoms with E-state index in [2.05, 4.69) is 15.6 Å². The van der Waals surface area contributed by atoms with Gasteiger partial charge < -0.3 is 20.4 Å². The van der Waals surface area contributed by atoms with E-state index in [-0.39, 0.29) is 24.5 Å². The zero-order valence-electron chi connectivity index (χ0n) is 18.9. The second-order valence-corrected chi connectivity index (χ2v) is 7.62. The van der Waals surface area contributed by atoms with Crippen molar-refractivity contribution in [3.8, 4) is 0 Å². The molecule has 2 aromatic carbocycles. The van der Waals surface area contributed by atoms with Crippen molar-refractivity contribution >= 4 is 23.5 Å². The molecule has 0 bridgehead atoms. The van der Waals surface area contributed by atoms with Crippen LogP contribution in [0.15, 0.2) is 48.5 Å². The van der Waals surface area contributed by atoms with Gasteiger partial charge in [0.2, 0.25) is 0 Å². The highest BCUT2D eigenvalue weighted by atomic mass is 19.1. The third-order valence-corrected chi connectivity index (χ3v) is 5.27. The second-order valence-electron chi connectivity index (χ2n) is 7.62. The number of amides is 2. The first-order valence-corrected chi connectivity index (χ1v) is 10.5. The van der Waals surface area contributed by atoms with Crippen molar-refractivity contribution in [2.24, 2.45) is 0 Å². The van der Waals surface area contributed by atoms with Gasteiger partial charge in [-0.2, -0.15) is 0 Å². The molecule has 0 aliphatic rings. The van der Waals surface area contributed by atoms with Gasteiger partial charge >= 0.3 is 5.97 Å². The van der Waals surface area contributed by atoms with Crippen molar-refractivity contribution in [1.29, 1.82) is 0 Å². The van der Waals surface area contributed by atoms with E-state index in [4.69, 9.17) is 4.74 Å². The molecule has 172 valence electrons. The number of H-pyrrole nitrogens is 1. The zero-order chi connectivity index (χ0) is 24.1. The predicted molar refractivity (Wildman–Crippen MR) is 123 cm³/mol. The summed E-state index contributed by atoms with van der Waals surface area (Å²) in [7, 11) is 0. The number of halogens is 1. The average molecular weight is 451 g/mol. The largest absolute Gasteiger partial charge is 0.462 e. The van der Waals surface area contributed by atoms with E-state index in [1.165, 1.54) is 24.3 Å². The van der Waals surface area contributed by atoms with Crippen molar-refractivity contribution in [3.63, 3.8) is 0 Å². The Balaban J connectivity index is 1.66. The molecule has 0 aliphatic carbocycles. The number of hydrogen-bond acceptors (Lipinski definition) is 4. The minimum Gasteiger partial charge on any atom is -0.462 e. The van der Waals surface area contributed by atoms with Crippen LogP contribution in [0.25, 0.3) is 0 Å². The molecule has 1 aromatic heterocycles. The lowest BCUT2D eigenvalue weighted by Gasteiger charge is -2.15. The highest BCUT2D eigenvalue weighted by molar-refractivity contribution is 6.04. The molecule has 0 spiro atoms. The smallest absolute Gasteiger partial charge is 0.340 e. The molecule has 0 radical (unpaired) electrons. The summed E-state index contributed by atoms with van der Waals surface area (Å²) in [6.07, 6.45) is 0. The monoisotopic (exact) mass is 451 g/mol. The highest BCUT2D eigenvalue weighted by Crippen LogP contribution is 2.21. The van der Waals surface area contributed by atoms with Gasteiger partial charge in [0.25, 0.3) is 11.8 Å². The Morgan fingerprint density at radius 2 is 1.64 bits per heavy atom. The molecule has 8 heteroatoms. The van der Waals surface area contributed by atoms with Gasteiger partial charge in [0, 0.05) is 16.9 Å². The van der Waals surface area contributed by atoms with Crippen molar-refractivity contribution in [2.75, 3.05) is 11.9 Å². The fraction of sp³-hybridized carbons (Fsp3) is 0.240. The van der Waals surface area contributed by atoms with Crippen LogP contribution in [0.4, 0.5) is 10.1 Å². The molecule has 1 heterocycles. The number of rotatable bonds is 7. The molecule has 1 atom stereocenters. The molecule has 7 nitrogen and oxygen atoms in total. The molecule has 3 aromatic rings. The Bertz CT molecular complexity index is 1170. The van der Waals surface area contributed by atoms with Crippen LogP contribution in [0.5, 0.6) is 0 Å². The van der Waals surface area contributed by atoms with E-state index in [1.807, 2.05) is 6.92 Å². The first-order chi connectivity index (χ1) is 15.7. The molecule has 3 rings (SSSR count). The molecule has 0 saturated heterocycles. The summed E-state index contributed by atoms with van der Waals surface area (Å²) in [5.74, 6) is -1.56. The Kier molecular flexibility index (Phi) is 7.27. The number of ether oxygens (including phenoxy) is 1. The normalized spacial score (nSPS) is 11.5.